The Morgan fingerprint density at radius 3 is 2.18 bits per heavy atom. The first-order valence-corrected chi connectivity index (χ1v) is 11.0. The van der Waals surface area contributed by atoms with E-state index in [0.29, 0.717) is 6.61 Å². The summed E-state index contributed by atoms with van der Waals surface area (Å²) in [6.07, 6.45) is 1.81. The van der Waals surface area contributed by atoms with Gasteiger partial charge in [-0.25, -0.2) is 14.1 Å². The predicted octanol–water partition coefficient (Wildman–Crippen LogP) is 7.01. The standard InChI is InChI=1S/C29H22FN3O/c30-25-15-11-23(12-16-25)21-34-27-17-13-22(14-18-27)20-31-29-19-28(24-7-3-1-4-8-24)32-33(29)26-9-5-2-6-10-26/h1-20H,21H2. The van der Waals surface area contributed by atoms with Crippen molar-refractivity contribution in [2.75, 3.05) is 0 Å². The van der Waals surface area contributed by atoms with Crippen LogP contribution < -0.4 is 4.74 Å². The van der Waals surface area contributed by atoms with Crippen molar-refractivity contribution in [2.45, 2.75) is 6.61 Å². The van der Waals surface area contributed by atoms with Crippen LogP contribution in [0, 0.1) is 5.82 Å². The molecule has 4 aromatic carbocycles. The molecule has 0 aliphatic heterocycles. The molecule has 0 saturated carbocycles. The van der Waals surface area contributed by atoms with Gasteiger partial charge in [0.2, 0.25) is 0 Å². The zero-order valence-electron chi connectivity index (χ0n) is 18.4. The molecule has 0 aliphatic rings. The van der Waals surface area contributed by atoms with E-state index in [2.05, 4.69) is 0 Å². The molecule has 0 atom stereocenters. The molecular weight excluding hydrogens is 425 g/mol. The van der Waals surface area contributed by atoms with Gasteiger partial charge in [0.05, 0.1) is 11.4 Å². The normalized spacial score (nSPS) is 11.1. The van der Waals surface area contributed by atoms with Gasteiger partial charge in [-0.2, -0.15) is 5.10 Å². The zero-order chi connectivity index (χ0) is 23.2. The molecule has 5 rings (SSSR count). The Bertz CT molecular complexity index is 1380. The minimum Gasteiger partial charge on any atom is -0.489 e. The minimum atomic E-state index is -0.253. The Morgan fingerprint density at radius 2 is 1.47 bits per heavy atom. The fourth-order valence-electron chi connectivity index (χ4n) is 3.51. The molecule has 5 heteroatoms. The summed E-state index contributed by atoms with van der Waals surface area (Å²) in [5, 5.41) is 4.80. The number of ether oxygens (including phenoxy) is 1. The summed E-state index contributed by atoms with van der Waals surface area (Å²) < 4.78 is 20.7. The van der Waals surface area contributed by atoms with Crippen LogP contribution in [-0.2, 0) is 6.61 Å². The highest BCUT2D eigenvalue weighted by Crippen LogP contribution is 2.26. The topological polar surface area (TPSA) is 39.4 Å². The van der Waals surface area contributed by atoms with Gasteiger partial charge in [-0.1, -0.05) is 60.7 Å². The van der Waals surface area contributed by atoms with Gasteiger partial charge < -0.3 is 4.74 Å². The molecule has 5 aromatic rings. The van der Waals surface area contributed by atoms with E-state index in [9.17, 15) is 4.39 Å². The Morgan fingerprint density at radius 1 is 0.794 bits per heavy atom. The monoisotopic (exact) mass is 447 g/mol. The van der Waals surface area contributed by atoms with E-state index < -0.39 is 0 Å². The van der Waals surface area contributed by atoms with Crippen molar-refractivity contribution in [3.05, 3.63) is 132 Å². The summed E-state index contributed by atoms with van der Waals surface area (Å²) in [5.74, 6) is 1.22. The van der Waals surface area contributed by atoms with Crippen molar-refractivity contribution in [2.24, 2.45) is 4.99 Å². The number of aliphatic imine (C=N–C) groups is 1. The van der Waals surface area contributed by atoms with Crippen LogP contribution in [0.3, 0.4) is 0 Å². The van der Waals surface area contributed by atoms with E-state index in [1.54, 1.807) is 12.1 Å². The number of hydrogen-bond donors (Lipinski definition) is 0. The summed E-state index contributed by atoms with van der Waals surface area (Å²) in [4.78, 5) is 4.73. The van der Waals surface area contributed by atoms with Gasteiger partial charge in [0.15, 0.2) is 5.82 Å². The molecule has 0 unspecified atom stereocenters. The largest absolute Gasteiger partial charge is 0.489 e. The van der Waals surface area contributed by atoms with Gasteiger partial charge in [-0.05, 0) is 59.7 Å². The lowest BCUT2D eigenvalue weighted by molar-refractivity contribution is 0.306. The number of nitrogens with zero attached hydrogens (tertiary/aromatic N) is 3. The Kier molecular flexibility index (Phi) is 6.25. The van der Waals surface area contributed by atoms with Crippen molar-refractivity contribution in [3.63, 3.8) is 0 Å². The zero-order valence-corrected chi connectivity index (χ0v) is 18.4. The minimum absolute atomic E-state index is 0.253. The van der Waals surface area contributed by atoms with E-state index in [1.165, 1.54) is 12.1 Å². The van der Waals surface area contributed by atoms with Gasteiger partial charge in [0, 0.05) is 17.8 Å². The molecule has 0 aliphatic carbocycles. The Balaban J connectivity index is 1.35. The van der Waals surface area contributed by atoms with E-state index >= 15 is 0 Å². The van der Waals surface area contributed by atoms with Crippen molar-refractivity contribution < 1.29 is 9.13 Å². The molecular formula is C29H22FN3O. The van der Waals surface area contributed by atoms with Crippen LogP contribution in [0.1, 0.15) is 11.1 Å². The smallest absolute Gasteiger partial charge is 0.156 e. The second kappa shape index (κ2) is 9.96. The summed E-state index contributed by atoms with van der Waals surface area (Å²) in [7, 11) is 0. The van der Waals surface area contributed by atoms with E-state index in [1.807, 2.05) is 102 Å². The van der Waals surface area contributed by atoms with Crippen molar-refractivity contribution >= 4 is 12.0 Å². The quantitative estimate of drug-likeness (QED) is 0.252. The van der Waals surface area contributed by atoms with Crippen LogP contribution >= 0.6 is 0 Å². The van der Waals surface area contributed by atoms with Crippen LogP contribution in [0.4, 0.5) is 10.2 Å². The maximum absolute atomic E-state index is 13.0. The predicted molar refractivity (Wildman–Crippen MR) is 133 cm³/mol. The lowest BCUT2D eigenvalue weighted by Crippen LogP contribution is -1.96. The first kappa shape index (κ1) is 21.3. The molecule has 1 heterocycles. The van der Waals surface area contributed by atoms with Gasteiger partial charge in [0.1, 0.15) is 18.2 Å². The number of hydrogen-bond acceptors (Lipinski definition) is 3. The second-order valence-electron chi connectivity index (χ2n) is 7.74. The van der Waals surface area contributed by atoms with Gasteiger partial charge in [0.25, 0.3) is 0 Å². The summed E-state index contributed by atoms with van der Waals surface area (Å²) in [6.45, 7) is 0.381. The van der Waals surface area contributed by atoms with Gasteiger partial charge >= 0.3 is 0 Å². The first-order valence-electron chi connectivity index (χ1n) is 11.0. The third-order valence-corrected chi connectivity index (χ3v) is 5.31. The van der Waals surface area contributed by atoms with Crippen LogP contribution in [0.25, 0.3) is 16.9 Å². The molecule has 0 N–H and O–H groups in total. The molecule has 0 amide bonds. The molecule has 4 nitrogen and oxygen atoms in total. The number of aromatic nitrogens is 2. The maximum atomic E-state index is 13.0. The van der Waals surface area contributed by atoms with E-state index in [-0.39, 0.29) is 5.82 Å². The molecule has 0 saturated heterocycles. The number of rotatable bonds is 7. The summed E-state index contributed by atoms with van der Waals surface area (Å²) in [5.41, 5.74) is 4.70. The molecule has 34 heavy (non-hydrogen) atoms. The summed E-state index contributed by atoms with van der Waals surface area (Å²) >= 11 is 0. The number of halogens is 1. The molecule has 0 bridgehead atoms. The SMILES string of the molecule is Fc1ccc(COc2ccc(C=Nc3cc(-c4ccccc4)nn3-c3ccccc3)cc2)cc1. The van der Waals surface area contributed by atoms with Crippen molar-refractivity contribution in [1.29, 1.82) is 0 Å². The maximum Gasteiger partial charge on any atom is 0.156 e. The molecule has 1 aromatic heterocycles. The van der Waals surface area contributed by atoms with Gasteiger partial charge in [-0.15, -0.1) is 0 Å². The fourth-order valence-corrected chi connectivity index (χ4v) is 3.51. The number of benzene rings is 4. The molecule has 166 valence electrons. The highest BCUT2D eigenvalue weighted by molar-refractivity contribution is 5.82. The Hall–Kier alpha value is -4.51. The molecule has 0 spiro atoms. The third-order valence-electron chi connectivity index (χ3n) is 5.31. The lowest BCUT2D eigenvalue weighted by atomic mass is 10.2. The van der Waals surface area contributed by atoms with Gasteiger partial charge in [-0.3, -0.25) is 0 Å². The van der Waals surface area contributed by atoms with Crippen molar-refractivity contribution in [1.82, 2.24) is 9.78 Å². The average Bonchev–Trinajstić information content (AvgIpc) is 3.33. The molecule has 0 radical (unpaired) electrons. The van der Waals surface area contributed by atoms with Crippen LogP contribution in [0.15, 0.2) is 120 Å². The van der Waals surface area contributed by atoms with E-state index in [4.69, 9.17) is 14.8 Å². The highest BCUT2D eigenvalue weighted by atomic mass is 19.1. The fraction of sp³-hybridized carbons (Fsp3) is 0.0345. The number of para-hydroxylation sites is 1. The summed E-state index contributed by atoms with van der Waals surface area (Å²) in [6, 6.07) is 36.0. The molecule has 0 fully saturated rings. The average molecular weight is 448 g/mol. The van der Waals surface area contributed by atoms with Crippen molar-refractivity contribution in [3.8, 4) is 22.7 Å². The van der Waals surface area contributed by atoms with E-state index in [0.717, 1.165) is 39.6 Å². The second-order valence-corrected chi connectivity index (χ2v) is 7.74. The third kappa shape index (κ3) is 5.10. The van der Waals surface area contributed by atoms with Crippen LogP contribution in [-0.4, -0.2) is 16.0 Å². The highest BCUT2D eigenvalue weighted by Gasteiger charge is 2.10. The Labute approximate surface area is 197 Å². The van der Waals surface area contributed by atoms with Crippen LogP contribution in [0.2, 0.25) is 0 Å². The van der Waals surface area contributed by atoms with Crippen LogP contribution in [0.5, 0.6) is 5.75 Å². The lowest BCUT2D eigenvalue weighted by Gasteiger charge is -2.06. The first-order chi connectivity index (χ1) is 16.7.